The van der Waals surface area contributed by atoms with Gasteiger partial charge in [-0.2, -0.15) is 9.97 Å². The zero-order valence-electron chi connectivity index (χ0n) is 11.2. The molecule has 0 amide bonds. The maximum absolute atomic E-state index is 5.60. The van der Waals surface area contributed by atoms with E-state index in [0.717, 1.165) is 0 Å². The van der Waals surface area contributed by atoms with Crippen molar-refractivity contribution in [1.82, 2.24) is 19.9 Å². The number of fused-ring (bicyclic) bond motifs is 2. The van der Waals surface area contributed by atoms with Gasteiger partial charge < -0.3 is 21.9 Å². The van der Waals surface area contributed by atoms with Crippen molar-refractivity contribution >= 4 is 28.7 Å². The smallest absolute Gasteiger partial charge is 0.257 e. The Kier molecular flexibility index (Phi) is 2.90. The van der Waals surface area contributed by atoms with Crippen LogP contribution in [0.4, 0.5) is 17.6 Å². The minimum Gasteiger partial charge on any atom is -0.478 e. The van der Waals surface area contributed by atoms with Crippen molar-refractivity contribution in [2.24, 2.45) is 0 Å². The van der Waals surface area contributed by atoms with Gasteiger partial charge in [-0.15, -0.1) is 0 Å². The van der Waals surface area contributed by atoms with Gasteiger partial charge in [0.1, 0.15) is 0 Å². The quantitative estimate of drug-likeness (QED) is 0.467. The van der Waals surface area contributed by atoms with E-state index in [4.69, 9.17) is 21.9 Å². The second kappa shape index (κ2) is 4.75. The number of benzene rings is 1. The predicted octanol–water partition coefficient (Wildman–Crippen LogP) is 0.842. The van der Waals surface area contributed by atoms with Crippen molar-refractivity contribution in [3.63, 3.8) is 0 Å². The van der Waals surface area contributed by atoms with Crippen LogP contribution in [0.3, 0.4) is 0 Å². The van der Waals surface area contributed by atoms with Crippen LogP contribution < -0.4 is 21.9 Å². The largest absolute Gasteiger partial charge is 0.478 e. The Morgan fingerprint density at radius 3 is 2.14 bits per heavy atom. The maximum Gasteiger partial charge on any atom is 0.257 e. The number of hydrogen-bond acceptors (Lipinski definition) is 8. The summed E-state index contributed by atoms with van der Waals surface area (Å²) in [7, 11) is 1.43. The van der Waals surface area contributed by atoms with Crippen molar-refractivity contribution in [2.45, 2.75) is 0 Å². The van der Waals surface area contributed by atoms with E-state index in [-0.39, 0.29) is 29.1 Å². The summed E-state index contributed by atoms with van der Waals surface area (Å²) in [6.45, 7) is 0. The molecule has 0 saturated carbocycles. The molecule has 0 saturated heterocycles. The van der Waals surface area contributed by atoms with Crippen LogP contribution in [0.15, 0.2) is 24.3 Å². The highest BCUT2D eigenvalue weighted by Gasteiger charge is 2.11. The van der Waals surface area contributed by atoms with Crippen LogP contribution in [0.2, 0.25) is 0 Å². The number of aromatic nitrogens is 4. The van der Waals surface area contributed by atoms with E-state index in [1.54, 1.807) is 0 Å². The lowest BCUT2D eigenvalue weighted by Gasteiger charge is -2.05. The summed E-state index contributed by atoms with van der Waals surface area (Å²) in [4.78, 5) is 15.6. The topological polar surface area (TPSA) is 139 Å². The van der Waals surface area contributed by atoms with E-state index in [1.165, 1.54) is 18.2 Å². The Morgan fingerprint density at radius 2 is 1.62 bits per heavy atom. The average molecular weight is 283 g/mol. The van der Waals surface area contributed by atoms with Gasteiger partial charge in [0.25, 0.3) is 5.88 Å². The average Bonchev–Trinajstić information content (AvgIpc) is 3.05. The van der Waals surface area contributed by atoms with Crippen molar-refractivity contribution in [3.05, 3.63) is 24.3 Å². The molecule has 0 aliphatic heterocycles. The number of anilines is 3. The van der Waals surface area contributed by atoms with E-state index in [9.17, 15) is 0 Å². The van der Waals surface area contributed by atoms with Crippen LogP contribution >= 0.6 is 0 Å². The van der Waals surface area contributed by atoms with Crippen molar-refractivity contribution < 1.29 is 4.74 Å². The van der Waals surface area contributed by atoms with Crippen LogP contribution in [-0.2, 0) is 0 Å². The summed E-state index contributed by atoms with van der Waals surface area (Å²) in [5.74, 6) is 0.479. The van der Waals surface area contributed by atoms with E-state index in [2.05, 4.69) is 44.2 Å². The monoisotopic (exact) mass is 283 g/mol. The lowest BCUT2D eigenvalue weighted by molar-refractivity contribution is 0.400. The first kappa shape index (κ1) is 12.9. The van der Waals surface area contributed by atoms with Crippen molar-refractivity contribution in [2.75, 3.05) is 24.3 Å². The zero-order chi connectivity index (χ0) is 15.0. The van der Waals surface area contributed by atoms with E-state index < -0.39 is 0 Å². The number of nitrogens with zero attached hydrogens (tertiary/aromatic N) is 4. The minimum atomic E-state index is 0.0267. The first-order valence-corrected chi connectivity index (χ1v) is 6.09. The number of ether oxygens (including phenoxy) is 1. The molecule has 8 nitrogen and oxygen atoms in total. The molecular weight excluding hydrogens is 270 g/mol. The summed E-state index contributed by atoms with van der Waals surface area (Å²) in [6, 6.07) is 8.48. The molecule has 4 rings (SSSR count). The SMILES string of the molecule is COc1nc2c(N)nc(N)nc2nc1N.c1cc2cc-2c1. The molecule has 8 heteroatoms. The molecule has 2 aromatic rings. The maximum atomic E-state index is 5.60. The van der Waals surface area contributed by atoms with Gasteiger partial charge in [0.2, 0.25) is 5.95 Å². The zero-order valence-corrected chi connectivity index (χ0v) is 11.2. The molecule has 6 N–H and O–H groups in total. The summed E-state index contributed by atoms with van der Waals surface area (Å²) < 4.78 is 4.90. The van der Waals surface area contributed by atoms with E-state index in [1.807, 2.05) is 0 Å². The van der Waals surface area contributed by atoms with Crippen molar-refractivity contribution in [3.8, 4) is 17.0 Å². The van der Waals surface area contributed by atoms with Crippen LogP contribution in [0, 0.1) is 0 Å². The van der Waals surface area contributed by atoms with Gasteiger partial charge >= 0.3 is 0 Å². The first-order valence-electron chi connectivity index (χ1n) is 6.09. The molecule has 0 spiro atoms. The molecule has 2 heterocycles. The molecular formula is C13H13N7O. The van der Waals surface area contributed by atoms with Gasteiger partial charge in [-0.1, -0.05) is 18.2 Å². The molecule has 0 atom stereocenters. The third-order valence-electron chi connectivity index (χ3n) is 2.87. The Hall–Kier alpha value is -3.16. The predicted molar refractivity (Wildman–Crippen MR) is 80.4 cm³/mol. The number of methoxy groups -OCH3 is 1. The molecule has 21 heavy (non-hydrogen) atoms. The molecule has 0 fully saturated rings. The minimum absolute atomic E-state index is 0.0267. The van der Waals surface area contributed by atoms with Gasteiger partial charge in [0.05, 0.1) is 7.11 Å². The van der Waals surface area contributed by atoms with Gasteiger partial charge in [-0.3, -0.25) is 0 Å². The van der Waals surface area contributed by atoms with Crippen LogP contribution in [-0.4, -0.2) is 27.0 Å². The Bertz CT molecular complexity index is 817. The highest BCUT2D eigenvalue weighted by atomic mass is 16.5. The fourth-order valence-corrected chi connectivity index (χ4v) is 1.81. The second-order valence-corrected chi connectivity index (χ2v) is 4.34. The normalized spacial score (nSPS) is 10.7. The number of hydrogen-bond donors (Lipinski definition) is 3. The van der Waals surface area contributed by atoms with Gasteiger partial charge in [-0.05, 0) is 17.2 Å². The summed E-state index contributed by atoms with van der Waals surface area (Å²) in [5.41, 5.74) is 20.0. The third kappa shape index (κ3) is 2.46. The van der Waals surface area contributed by atoms with Gasteiger partial charge in [0, 0.05) is 0 Å². The molecule has 2 aromatic heterocycles. The second-order valence-electron chi connectivity index (χ2n) is 4.34. The van der Waals surface area contributed by atoms with Crippen LogP contribution in [0.1, 0.15) is 0 Å². The number of rotatable bonds is 1. The molecule has 0 aromatic carbocycles. The molecule has 2 aliphatic carbocycles. The lowest BCUT2D eigenvalue weighted by Crippen LogP contribution is -2.06. The molecule has 106 valence electrons. The molecule has 2 aliphatic rings. The summed E-state index contributed by atoms with van der Waals surface area (Å²) >= 11 is 0. The van der Waals surface area contributed by atoms with E-state index >= 15 is 0 Å². The van der Waals surface area contributed by atoms with Crippen molar-refractivity contribution in [1.29, 1.82) is 0 Å². The lowest BCUT2D eigenvalue weighted by atomic mass is 10.4. The fraction of sp³-hybridized carbons (Fsp3) is 0.0769. The van der Waals surface area contributed by atoms with Gasteiger partial charge in [-0.25, -0.2) is 9.97 Å². The van der Waals surface area contributed by atoms with Crippen LogP contribution in [0.5, 0.6) is 5.88 Å². The fourth-order valence-electron chi connectivity index (χ4n) is 1.81. The standard InChI is InChI=1S/C7H9N7O.C6H4/c1-15-6-4(9)12-5-2(11-6)3(8)13-7(10)14-5;1-2-5-4-6(5)3-1/h1H3,(H6,8,9,10,12,13,14);1-4H. The molecule has 0 unspecified atom stereocenters. The first-order chi connectivity index (χ1) is 10.1. The molecule has 0 radical (unpaired) electrons. The highest BCUT2D eigenvalue weighted by molar-refractivity contribution is 5.83. The van der Waals surface area contributed by atoms with Crippen LogP contribution in [0.25, 0.3) is 22.3 Å². The summed E-state index contributed by atoms with van der Waals surface area (Å²) in [5, 5.41) is 0. The third-order valence-corrected chi connectivity index (χ3v) is 2.87. The Balaban J connectivity index is 0.000000180. The molecule has 0 bridgehead atoms. The number of nitrogen functional groups attached to an aromatic ring is 3. The number of nitrogens with two attached hydrogens (primary N) is 3. The Labute approximate surface area is 120 Å². The Morgan fingerprint density at radius 1 is 0.905 bits per heavy atom. The summed E-state index contributed by atoms with van der Waals surface area (Å²) in [6.07, 6.45) is 0. The van der Waals surface area contributed by atoms with E-state index in [0.29, 0.717) is 5.52 Å². The van der Waals surface area contributed by atoms with Gasteiger partial charge in [0.15, 0.2) is 22.8 Å². The highest BCUT2D eigenvalue weighted by Crippen LogP contribution is 2.32.